The lowest BCUT2D eigenvalue weighted by molar-refractivity contribution is -0.171. The van der Waals surface area contributed by atoms with Gasteiger partial charge in [-0.15, -0.1) is 0 Å². The molecule has 66 valence electrons. The van der Waals surface area contributed by atoms with Crippen molar-refractivity contribution < 1.29 is 24.9 Å². The van der Waals surface area contributed by atoms with Crippen LogP contribution >= 0.6 is 0 Å². The van der Waals surface area contributed by atoms with Gasteiger partial charge in [-0.3, -0.25) is 4.84 Å². The molecular formula is C5H11NO5. The monoisotopic (exact) mass is 165 g/mol. The van der Waals surface area contributed by atoms with Crippen molar-refractivity contribution in [3.8, 4) is 0 Å². The number of ether oxygens (including phenoxy) is 1. The topological polar surface area (TPSA) is 105 Å². The second-order valence-electron chi connectivity index (χ2n) is 2.34. The van der Waals surface area contributed by atoms with E-state index >= 15 is 0 Å². The summed E-state index contributed by atoms with van der Waals surface area (Å²) in [7, 11) is 0. The van der Waals surface area contributed by atoms with Gasteiger partial charge in [-0.05, 0) is 0 Å². The van der Waals surface area contributed by atoms with Crippen LogP contribution in [-0.2, 0) is 9.57 Å². The molecule has 6 heteroatoms. The normalized spacial score (nSPS) is 44.7. The zero-order chi connectivity index (χ0) is 8.43. The van der Waals surface area contributed by atoms with Crippen LogP contribution in [0.15, 0.2) is 0 Å². The zero-order valence-corrected chi connectivity index (χ0v) is 5.75. The number of hydrogen-bond donors (Lipinski definition) is 4. The average molecular weight is 165 g/mol. The van der Waals surface area contributed by atoms with E-state index in [1.807, 2.05) is 0 Å². The van der Waals surface area contributed by atoms with E-state index in [0.29, 0.717) is 0 Å². The van der Waals surface area contributed by atoms with Crippen LogP contribution in [0.3, 0.4) is 0 Å². The van der Waals surface area contributed by atoms with Crippen LogP contribution in [0.5, 0.6) is 0 Å². The maximum atomic E-state index is 9.09. The Morgan fingerprint density at radius 3 is 2.27 bits per heavy atom. The zero-order valence-electron chi connectivity index (χ0n) is 5.75. The van der Waals surface area contributed by atoms with Gasteiger partial charge >= 0.3 is 0 Å². The Morgan fingerprint density at radius 1 is 1.36 bits per heavy atom. The van der Waals surface area contributed by atoms with Gasteiger partial charge in [-0.25, -0.2) is 5.90 Å². The van der Waals surface area contributed by atoms with Gasteiger partial charge in [0, 0.05) is 0 Å². The standard InChI is InChI=1S/C5H11NO5/c6-11-5-4(9)3(8)2(1-7)10-5/h2-5,7-9H,1,6H2/t2-,3-,4-,5+/m1/s1. The summed E-state index contributed by atoms with van der Waals surface area (Å²) in [5.74, 6) is 4.73. The molecule has 0 bridgehead atoms. The molecule has 5 N–H and O–H groups in total. The summed E-state index contributed by atoms with van der Waals surface area (Å²) in [6.07, 6.45) is -4.22. The van der Waals surface area contributed by atoms with Gasteiger partial charge in [0.15, 0.2) is 0 Å². The summed E-state index contributed by atoms with van der Waals surface area (Å²) in [6.45, 7) is -0.377. The fraction of sp³-hybridized carbons (Fsp3) is 1.00. The molecule has 0 aliphatic carbocycles. The van der Waals surface area contributed by atoms with Gasteiger partial charge < -0.3 is 20.1 Å². The molecule has 0 spiro atoms. The van der Waals surface area contributed by atoms with Gasteiger partial charge in [0.1, 0.15) is 18.3 Å². The number of nitrogens with two attached hydrogens (primary N) is 1. The molecule has 4 atom stereocenters. The van der Waals surface area contributed by atoms with Crippen molar-refractivity contribution >= 4 is 0 Å². The molecule has 0 amide bonds. The van der Waals surface area contributed by atoms with Crippen molar-refractivity contribution in [1.29, 1.82) is 0 Å². The van der Waals surface area contributed by atoms with Crippen LogP contribution in [0.4, 0.5) is 0 Å². The van der Waals surface area contributed by atoms with Crippen LogP contribution in [-0.4, -0.2) is 46.5 Å². The number of aliphatic hydroxyl groups is 3. The Balaban J connectivity index is 2.53. The van der Waals surface area contributed by atoms with E-state index < -0.39 is 24.6 Å². The van der Waals surface area contributed by atoms with Crippen molar-refractivity contribution in [2.45, 2.75) is 24.6 Å². The summed E-state index contributed by atoms with van der Waals surface area (Å²) in [5.41, 5.74) is 0. The third kappa shape index (κ3) is 1.51. The van der Waals surface area contributed by atoms with Crippen LogP contribution in [0.2, 0.25) is 0 Å². The number of hydrogen-bond acceptors (Lipinski definition) is 6. The Morgan fingerprint density at radius 2 is 2.00 bits per heavy atom. The molecule has 0 radical (unpaired) electrons. The lowest BCUT2D eigenvalue weighted by atomic mass is 10.1. The van der Waals surface area contributed by atoms with Crippen molar-refractivity contribution in [3.63, 3.8) is 0 Å². The maximum Gasteiger partial charge on any atom is 0.206 e. The molecule has 1 heterocycles. The van der Waals surface area contributed by atoms with Gasteiger partial charge in [-0.2, -0.15) is 0 Å². The smallest absolute Gasteiger partial charge is 0.206 e. The second-order valence-corrected chi connectivity index (χ2v) is 2.34. The summed E-state index contributed by atoms with van der Waals surface area (Å²) in [5, 5.41) is 26.7. The lowest BCUT2D eigenvalue weighted by Crippen LogP contribution is -2.35. The van der Waals surface area contributed by atoms with Crippen LogP contribution in [0.25, 0.3) is 0 Å². The first-order valence-electron chi connectivity index (χ1n) is 3.18. The van der Waals surface area contributed by atoms with Gasteiger partial charge in [0.25, 0.3) is 0 Å². The first kappa shape index (κ1) is 8.85. The molecule has 0 saturated carbocycles. The highest BCUT2D eigenvalue weighted by molar-refractivity contribution is 4.85. The second kappa shape index (κ2) is 3.44. The molecule has 0 aromatic carbocycles. The highest BCUT2D eigenvalue weighted by Crippen LogP contribution is 2.20. The molecule has 0 aromatic heterocycles. The molecule has 0 aromatic rings. The summed E-state index contributed by atoms with van der Waals surface area (Å²) < 4.78 is 4.79. The molecular weight excluding hydrogens is 154 g/mol. The molecule has 1 aliphatic rings. The first-order valence-corrected chi connectivity index (χ1v) is 3.18. The van der Waals surface area contributed by atoms with Crippen molar-refractivity contribution in [2.75, 3.05) is 6.61 Å². The summed E-state index contributed by atoms with van der Waals surface area (Å²) in [6, 6.07) is 0. The Kier molecular flexibility index (Phi) is 2.77. The van der Waals surface area contributed by atoms with Crippen molar-refractivity contribution in [2.24, 2.45) is 5.90 Å². The largest absolute Gasteiger partial charge is 0.394 e. The average Bonchev–Trinajstić information content (AvgIpc) is 2.30. The number of aliphatic hydroxyl groups excluding tert-OH is 3. The SMILES string of the molecule is NO[C@@H]1O[C@H](CO)[C@@H](O)[C@H]1O. The van der Waals surface area contributed by atoms with Crippen LogP contribution in [0, 0.1) is 0 Å². The predicted octanol–water partition coefficient (Wildman–Crippen LogP) is -2.68. The van der Waals surface area contributed by atoms with E-state index in [1.54, 1.807) is 0 Å². The van der Waals surface area contributed by atoms with E-state index in [0.717, 1.165) is 0 Å². The third-order valence-corrected chi connectivity index (χ3v) is 1.63. The minimum absolute atomic E-state index is 0.377. The molecule has 1 fully saturated rings. The first-order chi connectivity index (χ1) is 5.20. The Hall–Kier alpha value is -0.240. The maximum absolute atomic E-state index is 9.09. The lowest BCUT2D eigenvalue weighted by Gasteiger charge is -2.10. The van der Waals surface area contributed by atoms with Crippen LogP contribution < -0.4 is 5.90 Å². The van der Waals surface area contributed by atoms with Gasteiger partial charge in [0.05, 0.1) is 6.61 Å². The highest BCUT2D eigenvalue weighted by Gasteiger charge is 2.42. The molecule has 1 rings (SSSR count). The minimum atomic E-state index is -1.20. The van der Waals surface area contributed by atoms with E-state index in [1.165, 1.54) is 0 Å². The van der Waals surface area contributed by atoms with Gasteiger partial charge in [-0.1, -0.05) is 0 Å². The Bertz CT molecular complexity index is 114. The van der Waals surface area contributed by atoms with E-state index in [-0.39, 0.29) is 6.61 Å². The van der Waals surface area contributed by atoms with Gasteiger partial charge in [0.2, 0.25) is 6.29 Å². The van der Waals surface area contributed by atoms with E-state index in [2.05, 4.69) is 4.84 Å². The third-order valence-electron chi connectivity index (χ3n) is 1.63. The quantitative estimate of drug-likeness (QED) is 0.332. The summed E-state index contributed by atoms with van der Waals surface area (Å²) in [4.78, 5) is 4.18. The van der Waals surface area contributed by atoms with E-state index in [9.17, 15) is 0 Å². The highest BCUT2D eigenvalue weighted by atomic mass is 16.8. The Labute approximate surface area is 63.1 Å². The van der Waals surface area contributed by atoms with E-state index in [4.69, 9.17) is 26.0 Å². The van der Waals surface area contributed by atoms with Crippen molar-refractivity contribution in [3.05, 3.63) is 0 Å². The molecule has 1 saturated heterocycles. The fourth-order valence-electron chi connectivity index (χ4n) is 0.978. The molecule has 6 nitrogen and oxygen atoms in total. The molecule has 1 aliphatic heterocycles. The molecule has 11 heavy (non-hydrogen) atoms. The predicted molar refractivity (Wildman–Crippen MR) is 33.0 cm³/mol. The fourth-order valence-corrected chi connectivity index (χ4v) is 0.978. The summed E-state index contributed by atoms with van der Waals surface area (Å²) >= 11 is 0. The minimum Gasteiger partial charge on any atom is -0.394 e. The van der Waals surface area contributed by atoms with Crippen molar-refractivity contribution in [1.82, 2.24) is 0 Å². The van der Waals surface area contributed by atoms with Crippen LogP contribution in [0.1, 0.15) is 0 Å². The molecule has 0 unspecified atom stereocenters. The number of rotatable bonds is 2.